The Morgan fingerprint density at radius 2 is 2.14 bits per heavy atom. The predicted octanol–water partition coefficient (Wildman–Crippen LogP) is 2.75. The maximum Gasteiger partial charge on any atom is 0.252 e. The van der Waals surface area contributed by atoms with Crippen molar-refractivity contribution in [1.82, 2.24) is 15.1 Å². The minimum absolute atomic E-state index is 0.196. The number of ether oxygens (including phenoxy) is 1. The lowest BCUT2D eigenvalue weighted by Gasteiger charge is -2.25. The lowest BCUT2D eigenvalue weighted by molar-refractivity contribution is 0.0911. The molecule has 0 atom stereocenters. The minimum Gasteiger partial charge on any atom is -0.495 e. The number of carbonyl (C=O) groups excluding carboxylic acids is 1. The van der Waals surface area contributed by atoms with Crippen LogP contribution < -0.4 is 10.1 Å². The number of hydrogen-bond donors (Lipinski definition) is 1. The smallest absolute Gasteiger partial charge is 0.252 e. The molecule has 21 heavy (non-hydrogen) atoms. The van der Waals surface area contributed by atoms with E-state index in [2.05, 4.69) is 10.4 Å². The molecule has 6 heteroatoms. The summed E-state index contributed by atoms with van der Waals surface area (Å²) in [5.74, 6) is 0.280. The highest BCUT2D eigenvalue weighted by Crippen LogP contribution is 2.26. The number of aromatic nitrogens is 2. The van der Waals surface area contributed by atoms with Crippen LogP contribution in [0.1, 0.15) is 29.8 Å². The number of benzene rings is 1. The van der Waals surface area contributed by atoms with Crippen molar-refractivity contribution in [2.24, 2.45) is 7.05 Å². The summed E-state index contributed by atoms with van der Waals surface area (Å²) in [4.78, 5) is 12.4. The summed E-state index contributed by atoms with van der Waals surface area (Å²) in [6.45, 7) is 3.85. The molecule has 0 saturated heterocycles. The number of hydrogen-bond acceptors (Lipinski definition) is 3. The standard InChI is InChI=1S/C15H18ClN3O2/c1-15(2,11-8-17-19(3)9-11)18-14(20)10-5-6-12(16)13(7-10)21-4/h5-9H,1-4H3,(H,18,20). The second-order valence-electron chi connectivity index (χ2n) is 5.33. The van der Waals surface area contributed by atoms with Crippen LogP contribution in [0, 0.1) is 0 Å². The summed E-state index contributed by atoms with van der Waals surface area (Å²) in [5.41, 5.74) is 0.894. The number of rotatable bonds is 4. The van der Waals surface area contributed by atoms with Gasteiger partial charge in [0.2, 0.25) is 0 Å². The van der Waals surface area contributed by atoms with Crippen molar-refractivity contribution < 1.29 is 9.53 Å². The van der Waals surface area contributed by atoms with E-state index in [0.717, 1.165) is 5.56 Å². The van der Waals surface area contributed by atoms with Crippen LogP contribution in [0.3, 0.4) is 0 Å². The Balaban J connectivity index is 2.21. The van der Waals surface area contributed by atoms with E-state index in [1.165, 1.54) is 7.11 Å². The zero-order valence-corrected chi connectivity index (χ0v) is 13.2. The van der Waals surface area contributed by atoms with Gasteiger partial charge in [0.25, 0.3) is 5.91 Å². The van der Waals surface area contributed by atoms with Gasteiger partial charge in [-0.15, -0.1) is 0 Å². The van der Waals surface area contributed by atoms with Crippen LogP contribution in [-0.2, 0) is 12.6 Å². The summed E-state index contributed by atoms with van der Waals surface area (Å²) in [6.07, 6.45) is 3.62. The number of carbonyl (C=O) groups is 1. The van der Waals surface area contributed by atoms with Crippen molar-refractivity contribution in [3.8, 4) is 5.75 Å². The Hall–Kier alpha value is -2.01. The van der Waals surface area contributed by atoms with E-state index >= 15 is 0 Å². The van der Waals surface area contributed by atoms with Crippen LogP contribution in [0.4, 0.5) is 0 Å². The van der Waals surface area contributed by atoms with Gasteiger partial charge in [0.15, 0.2) is 0 Å². The number of nitrogens with one attached hydrogen (secondary N) is 1. The van der Waals surface area contributed by atoms with E-state index in [-0.39, 0.29) is 5.91 Å². The van der Waals surface area contributed by atoms with E-state index in [1.54, 1.807) is 29.1 Å². The highest BCUT2D eigenvalue weighted by Gasteiger charge is 2.25. The molecule has 2 aromatic rings. The summed E-state index contributed by atoms with van der Waals surface area (Å²) in [5, 5.41) is 7.58. The first-order chi connectivity index (χ1) is 9.83. The third-order valence-electron chi connectivity index (χ3n) is 3.27. The van der Waals surface area contributed by atoms with Crippen LogP contribution in [0.5, 0.6) is 5.75 Å². The first-order valence-corrected chi connectivity index (χ1v) is 6.86. The molecule has 5 nitrogen and oxygen atoms in total. The average Bonchev–Trinajstić information content (AvgIpc) is 2.86. The number of nitrogens with zero attached hydrogens (tertiary/aromatic N) is 2. The molecular weight excluding hydrogens is 290 g/mol. The minimum atomic E-state index is -0.530. The summed E-state index contributed by atoms with van der Waals surface area (Å²) >= 11 is 5.97. The van der Waals surface area contributed by atoms with Crippen molar-refractivity contribution in [2.75, 3.05) is 7.11 Å². The third kappa shape index (κ3) is 3.36. The maximum atomic E-state index is 12.4. The molecule has 1 N–H and O–H groups in total. The molecule has 2 rings (SSSR count). The van der Waals surface area contributed by atoms with Gasteiger partial charge in [0.05, 0.1) is 23.9 Å². The third-order valence-corrected chi connectivity index (χ3v) is 3.58. The van der Waals surface area contributed by atoms with Crippen molar-refractivity contribution in [3.63, 3.8) is 0 Å². The van der Waals surface area contributed by atoms with Gasteiger partial charge in [-0.05, 0) is 32.0 Å². The number of methoxy groups -OCH3 is 1. The summed E-state index contributed by atoms with van der Waals surface area (Å²) < 4.78 is 6.83. The second-order valence-corrected chi connectivity index (χ2v) is 5.74. The van der Waals surface area contributed by atoms with E-state index in [4.69, 9.17) is 16.3 Å². The van der Waals surface area contributed by atoms with Gasteiger partial charge in [-0.3, -0.25) is 9.48 Å². The Morgan fingerprint density at radius 1 is 1.43 bits per heavy atom. The molecule has 1 aromatic carbocycles. The molecule has 0 fully saturated rings. The molecule has 0 bridgehead atoms. The van der Waals surface area contributed by atoms with E-state index in [9.17, 15) is 4.79 Å². The Morgan fingerprint density at radius 3 is 2.71 bits per heavy atom. The van der Waals surface area contributed by atoms with Crippen LogP contribution in [0.15, 0.2) is 30.6 Å². The zero-order valence-electron chi connectivity index (χ0n) is 12.5. The van der Waals surface area contributed by atoms with Crippen LogP contribution in [-0.4, -0.2) is 22.8 Å². The zero-order chi connectivity index (χ0) is 15.6. The molecule has 0 aliphatic heterocycles. The van der Waals surface area contributed by atoms with Gasteiger partial charge >= 0.3 is 0 Å². The van der Waals surface area contributed by atoms with Crippen LogP contribution in [0.2, 0.25) is 5.02 Å². The molecule has 0 saturated carbocycles. The molecule has 1 heterocycles. The molecular formula is C15H18ClN3O2. The van der Waals surface area contributed by atoms with E-state index in [1.807, 2.05) is 27.1 Å². The Labute approximate surface area is 128 Å². The largest absolute Gasteiger partial charge is 0.495 e. The van der Waals surface area contributed by atoms with Gasteiger partial charge in [0.1, 0.15) is 5.75 Å². The molecule has 112 valence electrons. The number of amides is 1. The number of halogens is 1. The Kier molecular flexibility index (Phi) is 4.23. The molecule has 0 radical (unpaired) electrons. The fourth-order valence-electron chi connectivity index (χ4n) is 1.97. The molecule has 1 amide bonds. The monoisotopic (exact) mass is 307 g/mol. The van der Waals surface area contributed by atoms with Crippen molar-refractivity contribution in [3.05, 3.63) is 46.7 Å². The highest BCUT2D eigenvalue weighted by molar-refractivity contribution is 6.32. The van der Waals surface area contributed by atoms with Crippen molar-refractivity contribution in [1.29, 1.82) is 0 Å². The first-order valence-electron chi connectivity index (χ1n) is 6.48. The first kappa shape index (κ1) is 15.4. The fourth-order valence-corrected chi connectivity index (χ4v) is 2.17. The SMILES string of the molecule is COc1cc(C(=O)NC(C)(C)c2cnn(C)c2)ccc1Cl. The molecule has 0 spiro atoms. The molecule has 0 aliphatic rings. The molecule has 0 aliphatic carbocycles. The Bertz CT molecular complexity index is 665. The second kappa shape index (κ2) is 5.77. The molecule has 0 unspecified atom stereocenters. The van der Waals surface area contributed by atoms with Gasteiger partial charge in [-0.25, -0.2) is 0 Å². The van der Waals surface area contributed by atoms with Gasteiger partial charge in [-0.1, -0.05) is 11.6 Å². The van der Waals surface area contributed by atoms with Crippen LogP contribution in [0.25, 0.3) is 0 Å². The van der Waals surface area contributed by atoms with Gasteiger partial charge < -0.3 is 10.1 Å². The van der Waals surface area contributed by atoms with Gasteiger partial charge in [0, 0.05) is 24.4 Å². The quantitative estimate of drug-likeness (QED) is 0.945. The number of aryl methyl sites for hydroxylation is 1. The lowest BCUT2D eigenvalue weighted by Crippen LogP contribution is -2.40. The molecule has 1 aromatic heterocycles. The van der Waals surface area contributed by atoms with Crippen LogP contribution >= 0.6 is 11.6 Å². The summed E-state index contributed by atoms with van der Waals surface area (Å²) in [6, 6.07) is 4.93. The van der Waals surface area contributed by atoms with Gasteiger partial charge in [-0.2, -0.15) is 5.10 Å². The van der Waals surface area contributed by atoms with Crippen molar-refractivity contribution >= 4 is 17.5 Å². The maximum absolute atomic E-state index is 12.4. The lowest BCUT2D eigenvalue weighted by atomic mass is 9.97. The normalized spacial score (nSPS) is 11.3. The van der Waals surface area contributed by atoms with E-state index in [0.29, 0.717) is 16.3 Å². The van der Waals surface area contributed by atoms with Crippen molar-refractivity contribution in [2.45, 2.75) is 19.4 Å². The fraction of sp³-hybridized carbons (Fsp3) is 0.333. The summed E-state index contributed by atoms with van der Waals surface area (Å²) in [7, 11) is 3.36. The topological polar surface area (TPSA) is 56.1 Å². The van der Waals surface area contributed by atoms with E-state index < -0.39 is 5.54 Å². The highest BCUT2D eigenvalue weighted by atomic mass is 35.5. The predicted molar refractivity (Wildman–Crippen MR) is 81.7 cm³/mol. The average molecular weight is 308 g/mol.